The molecular formula is C10H18O3. The second-order valence-corrected chi connectivity index (χ2v) is 3.61. The zero-order chi connectivity index (χ0) is 9.52. The lowest BCUT2D eigenvalue weighted by molar-refractivity contribution is -0.151. The van der Waals surface area contributed by atoms with Crippen LogP contribution in [0.1, 0.15) is 44.9 Å². The molecule has 0 amide bonds. The number of aliphatic carboxylic acids is 1. The van der Waals surface area contributed by atoms with E-state index in [0.717, 1.165) is 19.3 Å². The second kappa shape index (κ2) is 5.97. The summed E-state index contributed by atoms with van der Waals surface area (Å²) in [5, 5.41) is 8.79. The molecule has 0 saturated carbocycles. The highest BCUT2D eigenvalue weighted by atomic mass is 16.5. The summed E-state index contributed by atoms with van der Waals surface area (Å²) < 4.78 is 5.28. The number of hydrogen-bond acceptors (Lipinski definition) is 2. The second-order valence-electron chi connectivity index (χ2n) is 3.61. The minimum Gasteiger partial charge on any atom is -0.479 e. The Morgan fingerprint density at radius 3 is 2.38 bits per heavy atom. The minimum absolute atomic E-state index is 0.557. The maximum Gasteiger partial charge on any atom is 0.332 e. The Morgan fingerprint density at radius 2 is 1.69 bits per heavy atom. The normalized spacial score (nSPS) is 26.6. The summed E-state index contributed by atoms with van der Waals surface area (Å²) in [5.41, 5.74) is 0. The molecule has 1 N–H and O–H groups in total. The first kappa shape index (κ1) is 10.5. The molecule has 1 heterocycles. The number of hydrogen-bond donors (Lipinski definition) is 1. The highest BCUT2D eigenvalue weighted by molar-refractivity contribution is 5.72. The van der Waals surface area contributed by atoms with Gasteiger partial charge in [0.05, 0.1) is 0 Å². The van der Waals surface area contributed by atoms with Crippen LogP contribution in [0.25, 0.3) is 0 Å². The van der Waals surface area contributed by atoms with Crippen LogP contribution in [0.2, 0.25) is 0 Å². The molecule has 0 bridgehead atoms. The molecule has 0 aliphatic carbocycles. The first-order valence-electron chi connectivity index (χ1n) is 5.15. The molecule has 3 heteroatoms. The summed E-state index contributed by atoms with van der Waals surface area (Å²) in [6.45, 7) is 0.608. The van der Waals surface area contributed by atoms with Crippen molar-refractivity contribution in [1.82, 2.24) is 0 Å². The zero-order valence-corrected chi connectivity index (χ0v) is 8.00. The lowest BCUT2D eigenvalue weighted by atomic mass is 10.1. The lowest BCUT2D eigenvalue weighted by Crippen LogP contribution is -2.24. The Morgan fingerprint density at radius 1 is 1.08 bits per heavy atom. The highest BCUT2D eigenvalue weighted by Gasteiger charge is 2.17. The molecule has 0 aromatic heterocycles. The summed E-state index contributed by atoms with van der Waals surface area (Å²) in [4.78, 5) is 10.7. The van der Waals surface area contributed by atoms with Gasteiger partial charge in [0.1, 0.15) is 0 Å². The van der Waals surface area contributed by atoms with Crippen molar-refractivity contribution >= 4 is 5.97 Å². The molecule has 1 saturated heterocycles. The largest absolute Gasteiger partial charge is 0.479 e. The van der Waals surface area contributed by atoms with Crippen molar-refractivity contribution < 1.29 is 14.6 Å². The molecular weight excluding hydrogens is 168 g/mol. The average Bonchev–Trinajstić information content (AvgIpc) is 2.14. The van der Waals surface area contributed by atoms with Crippen molar-refractivity contribution in [3.63, 3.8) is 0 Å². The summed E-state index contributed by atoms with van der Waals surface area (Å²) >= 11 is 0. The van der Waals surface area contributed by atoms with Crippen LogP contribution < -0.4 is 0 Å². The van der Waals surface area contributed by atoms with Gasteiger partial charge in [0.25, 0.3) is 0 Å². The molecule has 3 nitrogen and oxygen atoms in total. The van der Waals surface area contributed by atoms with Gasteiger partial charge in [-0.1, -0.05) is 32.1 Å². The summed E-state index contributed by atoms with van der Waals surface area (Å²) in [7, 11) is 0. The molecule has 76 valence electrons. The first-order chi connectivity index (χ1) is 6.30. The van der Waals surface area contributed by atoms with Crippen LogP contribution in [0.4, 0.5) is 0 Å². The summed E-state index contributed by atoms with van der Waals surface area (Å²) in [5.74, 6) is -0.805. The van der Waals surface area contributed by atoms with Gasteiger partial charge < -0.3 is 9.84 Å². The van der Waals surface area contributed by atoms with Crippen LogP contribution in [0.15, 0.2) is 0 Å². The number of rotatable bonds is 1. The van der Waals surface area contributed by atoms with E-state index in [-0.39, 0.29) is 0 Å². The van der Waals surface area contributed by atoms with Gasteiger partial charge >= 0.3 is 5.97 Å². The van der Waals surface area contributed by atoms with Gasteiger partial charge in [0.15, 0.2) is 6.10 Å². The van der Waals surface area contributed by atoms with E-state index in [2.05, 4.69) is 0 Å². The van der Waals surface area contributed by atoms with Crippen molar-refractivity contribution in [2.45, 2.75) is 51.0 Å². The van der Waals surface area contributed by atoms with Gasteiger partial charge in [-0.3, -0.25) is 0 Å². The molecule has 1 atom stereocenters. The fourth-order valence-corrected chi connectivity index (χ4v) is 1.64. The molecule has 0 aromatic carbocycles. The van der Waals surface area contributed by atoms with E-state index in [9.17, 15) is 4.79 Å². The minimum atomic E-state index is -0.805. The van der Waals surface area contributed by atoms with Crippen LogP contribution in [0.5, 0.6) is 0 Å². The topological polar surface area (TPSA) is 46.5 Å². The summed E-state index contributed by atoms with van der Waals surface area (Å²) in [6.07, 6.45) is 6.93. The molecule has 1 aliphatic rings. The number of carboxylic acid groups (broad SMARTS) is 1. The number of ether oxygens (including phenoxy) is 1. The van der Waals surface area contributed by atoms with Crippen LogP contribution in [-0.4, -0.2) is 23.8 Å². The predicted molar refractivity (Wildman–Crippen MR) is 49.7 cm³/mol. The highest BCUT2D eigenvalue weighted by Crippen LogP contribution is 2.13. The fourth-order valence-electron chi connectivity index (χ4n) is 1.64. The van der Waals surface area contributed by atoms with E-state index in [4.69, 9.17) is 9.84 Å². The summed E-state index contributed by atoms with van der Waals surface area (Å²) in [6, 6.07) is 0. The van der Waals surface area contributed by atoms with Crippen molar-refractivity contribution in [1.29, 1.82) is 0 Å². The van der Waals surface area contributed by atoms with E-state index >= 15 is 0 Å². The maximum atomic E-state index is 10.7. The van der Waals surface area contributed by atoms with Gasteiger partial charge in [-0.25, -0.2) is 4.79 Å². The van der Waals surface area contributed by atoms with Crippen molar-refractivity contribution in [2.24, 2.45) is 0 Å². The van der Waals surface area contributed by atoms with E-state index in [1.165, 1.54) is 19.3 Å². The molecule has 13 heavy (non-hydrogen) atoms. The van der Waals surface area contributed by atoms with Crippen LogP contribution in [0, 0.1) is 0 Å². The zero-order valence-electron chi connectivity index (χ0n) is 8.00. The molecule has 1 unspecified atom stereocenters. The molecule has 0 spiro atoms. The predicted octanol–water partition coefficient (Wildman–Crippen LogP) is 2.20. The standard InChI is InChI=1S/C10H18O3/c11-10(12)9-7-5-3-1-2-4-6-8-13-9/h9H,1-8H2,(H,11,12). The quantitative estimate of drug-likeness (QED) is 0.682. The van der Waals surface area contributed by atoms with Crippen molar-refractivity contribution in [2.75, 3.05) is 6.61 Å². The van der Waals surface area contributed by atoms with Crippen molar-refractivity contribution in [3.8, 4) is 0 Å². The SMILES string of the molecule is O=C(O)C1CCCCCCCCO1. The Balaban J connectivity index is 2.30. The maximum absolute atomic E-state index is 10.7. The van der Waals surface area contributed by atoms with Gasteiger partial charge in [-0.05, 0) is 12.8 Å². The smallest absolute Gasteiger partial charge is 0.332 e. The van der Waals surface area contributed by atoms with E-state index in [0.29, 0.717) is 13.0 Å². The van der Waals surface area contributed by atoms with Crippen LogP contribution in [-0.2, 0) is 9.53 Å². The first-order valence-corrected chi connectivity index (χ1v) is 5.15. The third-order valence-electron chi connectivity index (χ3n) is 2.46. The Hall–Kier alpha value is -0.570. The van der Waals surface area contributed by atoms with E-state index < -0.39 is 12.1 Å². The van der Waals surface area contributed by atoms with Crippen LogP contribution in [0.3, 0.4) is 0 Å². The molecule has 1 fully saturated rings. The number of carbonyl (C=O) groups is 1. The Bertz CT molecular complexity index is 146. The lowest BCUT2D eigenvalue weighted by Gasteiger charge is -2.15. The monoisotopic (exact) mass is 186 g/mol. The molecule has 1 aliphatic heterocycles. The average molecular weight is 186 g/mol. The van der Waals surface area contributed by atoms with Crippen LogP contribution >= 0.6 is 0 Å². The third kappa shape index (κ3) is 4.27. The van der Waals surface area contributed by atoms with Gasteiger partial charge in [0, 0.05) is 6.61 Å². The Labute approximate surface area is 79.1 Å². The fraction of sp³-hybridized carbons (Fsp3) is 0.900. The van der Waals surface area contributed by atoms with Gasteiger partial charge in [-0.2, -0.15) is 0 Å². The van der Waals surface area contributed by atoms with E-state index in [1.54, 1.807) is 0 Å². The molecule has 1 rings (SSSR count). The number of carboxylic acids is 1. The third-order valence-corrected chi connectivity index (χ3v) is 2.46. The van der Waals surface area contributed by atoms with Gasteiger partial charge in [-0.15, -0.1) is 0 Å². The van der Waals surface area contributed by atoms with E-state index in [1.807, 2.05) is 0 Å². The van der Waals surface area contributed by atoms with Gasteiger partial charge in [0.2, 0.25) is 0 Å². The van der Waals surface area contributed by atoms with Crippen molar-refractivity contribution in [3.05, 3.63) is 0 Å². The molecule has 0 aromatic rings. The molecule has 0 radical (unpaired) electrons. The Kier molecular flexibility index (Phi) is 4.83.